The Morgan fingerprint density at radius 3 is 2.50 bits per heavy atom. The van der Waals surface area contributed by atoms with Crippen molar-refractivity contribution < 1.29 is 13.2 Å². The van der Waals surface area contributed by atoms with E-state index in [1.54, 1.807) is 31.2 Å². The molecule has 2 rings (SSSR count). The van der Waals surface area contributed by atoms with Gasteiger partial charge in [0.05, 0.1) is 11.4 Å². The Hall–Kier alpha value is -1.84. The van der Waals surface area contributed by atoms with Gasteiger partial charge >= 0.3 is 0 Å². The average Bonchev–Trinajstić information content (AvgIpc) is 2.76. The summed E-state index contributed by atoms with van der Waals surface area (Å²) in [6, 6.07) is 6.42. The lowest BCUT2D eigenvalue weighted by Gasteiger charge is -2.05. The van der Waals surface area contributed by atoms with E-state index in [0.717, 1.165) is 11.5 Å². The SMILES string of the molecule is Cc1nnsc1C(=O)Nc1ccc(CS(N)(=O)=O)cc1. The quantitative estimate of drug-likeness (QED) is 0.870. The van der Waals surface area contributed by atoms with E-state index >= 15 is 0 Å². The number of rotatable bonds is 4. The minimum Gasteiger partial charge on any atom is -0.321 e. The third kappa shape index (κ3) is 3.83. The molecule has 2 aromatic rings. The molecule has 3 N–H and O–H groups in total. The predicted octanol–water partition coefficient (Wildman–Crippen LogP) is 0.887. The van der Waals surface area contributed by atoms with Crippen LogP contribution in [0.25, 0.3) is 0 Å². The van der Waals surface area contributed by atoms with Crippen LogP contribution in [0, 0.1) is 6.92 Å². The minimum atomic E-state index is -3.56. The first-order valence-corrected chi connectivity index (χ1v) is 8.04. The molecule has 1 aromatic heterocycles. The Kier molecular flexibility index (Phi) is 4.12. The van der Waals surface area contributed by atoms with Crippen LogP contribution in [0.15, 0.2) is 24.3 Å². The summed E-state index contributed by atoms with van der Waals surface area (Å²) >= 11 is 1.02. The summed E-state index contributed by atoms with van der Waals surface area (Å²) in [5.74, 6) is -0.532. The molecule has 0 fully saturated rings. The largest absolute Gasteiger partial charge is 0.321 e. The van der Waals surface area contributed by atoms with E-state index in [1.165, 1.54) is 0 Å². The Bertz CT molecular complexity index is 722. The van der Waals surface area contributed by atoms with Crippen molar-refractivity contribution in [2.75, 3.05) is 5.32 Å². The molecular weight excluding hydrogens is 300 g/mol. The molecule has 0 bridgehead atoms. The second kappa shape index (κ2) is 5.65. The lowest BCUT2D eigenvalue weighted by molar-refractivity contribution is 0.103. The Morgan fingerprint density at radius 1 is 1.35 bits per heavy atom. The lowest BCUT2D eigenvalue weighted by atomic mass is 10.2. The number of sulfonamides is 1. The van der Waals surface area contributed by atoms with Crippen molar-refractivity contribution in [1.82, 2.24) is 9.59 Å². The highest BCUT2D eigenvalue weighted by Gasteiger charge is 2.13. The van der Waals surface area contributed by atoms with E-state index in [1.807, 2.05) is 0 Å². The average molecular weight is 312 g/mol. The van der Waals surface area contributed by atoms with E-state index in [4.69, 9.17) is 5.14 Å². The number of anilines is 1. The van der Waals surface area contributed by atoms with Crippen LogP contribution in [-0.4, -0.2) is 23.9 Å². The fraction of sp³-hybridized carbons (Fsp3) is 0.182. The zero-order valence-electron chi connectivity index (χ0n) is 10.5. The second-order valence-corrected chi connectivity index (χ2v) is 6.51. The van der Waals surface area contributed by atoms with Crippen molar-refractivity contribution in [2.45, 2.75) is 12.7 Å². The molecule has 0 spiro atoms. The summed E-state index contributed by atoms with van der Waals surface area (Å²) in [6.07, 6.45) is 0. The molecule has 20 heavy (non-hydrogen) atoms. The zero-order chi connectivity index (χ0) is 14.8. The molecule has 0 saturated heterocycles. The first kappa shape index (κ1) is 14.6. The van der Waals surface area contributed by atoms with Gasteiger partial charge in [0, 0.05) is 5.69 Å². The Balaban J connectivity index is 2.08. The number of nitrogens with zero attached hydrogens (tertiary/aromatic N) is 2. The second-order valence-electron chi connectivity index (χ2n) is 4.15. The van der Waals surface area contributed by atoms with Crippen molar-refractivity contribution in [2.24, 2.45) is 5.14 Å². The highest BCUT2D eigenvalue weighted by Crippen LogP contribution is 2.15. The molecule has 0 aliphatic heterocycles. The van der Waals surface area contributed by atoms with E-state index in [-0.39, 0.29) is 11.7 Å². The highest BCUT2D eigenvalue weighted by atomic mass is 32.2. The first-order valence-electron chi connectivity index (χ1n) is 5.55. The number of amides is 1. The molecule has 1 heterocycles. The number of primary sulfonamides is 1. The van der Waals surface area contributed by atoms with Gasteiger partial charge in [-0.15, -0.1) is 5.10 Å². The van der Waals surface area contributed by atoms with Crippen LogP contribution < -0.4 is 10.5 Å². The third-order valence-electron chi connectivity index (χ3n) is 2.44. The van der Waals surface area contributed by atoms with Gasteiger partial charge in [0.25, 0.3) is 5.91 Å². The predicted molar refractivity (Wildman–Crippen MR) is 75.9 cm³/mol. The zero-order valence-corrected chi connectivity index (χ0v) is 12.2. The van der Waals surface area contributed by atoms with Crippen molar-refractivity contribution in [3.8, 4) is 0 Å². The van der Waals surface area contributed by atoms with Gasteiger partial charge in [-0.3, -0.25) is 4.79 Å². The molecule has 1 aromatic carbocycles. The van der Waals surface area contributed by atoms with Crippen LogP contribution in [0.2, 0.25) is 0 Å². The number of nitrogens with one attached hydrogen (secondary N) is 1. The Labute approximate surface area is 120 Å². The molecule has 0 unspecified atom stereocenters. The van der Waals surface area contributed by atoms with Crippen LogP contribution in [0.3, 0.4) is 0 Å². The minimum absolute atomic E-state index is 0.237. The van der Waals surface area contributed by atoms with Crippen LogP contribution >= 0.6 is 11.5 Å². The molecule has 0 aliphatic carbocycles. The summed E-state index contributed by atoms with van der Waals surface area (Å²) < 4.78 is 25.6. The first-order chi connectivity index (χ1) is 9.35. The summed E-state index contributed by atoms with van der Waals surface area (Å²) in [5.41, 5.74) is 1.68. The molecule has 1 amide bonds. The van der Waals surface area contributed by atoms with Crippen molar-refractivity contribution in [1.29, 1.82) is 0 Å². The monoisotopic (exact) mass is 312 g/mol. The number of carbonyl (C=O) groups is 1. The Morgan fingerprint density at radius 2 is 2.00 bits per heavy atom. The van der Waals surface area contributed by atoms with Crippen LogP contribution in [-0.2, 0) is 15.8 Å². The number of hydrogen-bond acceptors (Lipinski definition) is 6. The van der Waals surface area contributed by atoms with Crippen molar-refractivity contribution in [3.05, 3.63) is 40.4 Å². The molecule has 0 aliphatic rings. The molecule has 106 valence electrons. The van der Waals surface area contributed by atoms with Gasteiger partial charge in [-0.05, 0) is 36.2 Å². The maximum absolute atomic E-state index is 11.9. The molecule has 9 heteroatoms. The number of aromatic nitrogens is 2. The molecule has 0 saturated carbocycles. The van der Waals surface area contributed by atoms with E-state index in [9.17, 15) is 13.2 Å². The summed E-state index contributed by atoms with van der Waals surface area (Å²) in [4.78, 5) is 12.4. The van der Waals surface area contributed by atoms with Gasteiger partial charge in [0.15, 0.2) is 0 Å². The number of benzene rings is 1. The molecule has 0 atom stereocenters. The van der Waals surface area contributed by atoms with E-state index in [0.29, 0.717) is 21.8 Å². The fourth-order valence-electron chi connectivity index (χ4n) is 1.54. The van der Waals surface area contributed by atoms with E-state index < -0.39 is 10.0 Å². The maximum atomic E-state index is 11.9. The van der Waals surface area contributed by atoms with Gasteiger partial charge < -0.3 is 5.32 Å². The standard InChI is InChI=1S/C11H12N4O3S2/c1-7-10(19-15-14-7)11(16)13-9-4-2-8(3-5-9)6-20(12,17)18/h2-5H,6H2,1H3,(H,13,16)(H2,12,17,18). The fourth-order valence-corrected chi connectivity index (χ4v) is 2.75. The van der Waals surface area contributed by atoms with Crippen molar-refractivity contribution >= 4 is 33.2 Å². The van der Waals surface area contributed by atoms with Crippen molar-refractivity contribution in [3.63, 3.8) is 0 Å². The van der Waals surface area contributed by atoms with Crippen LogP contribution in [0.5, 0.6) is 0 Å². The molecule has 7 nitrogen and oxygen atoms in total. The maximum Gasteiger partial charge on any atom is 0.269 e. The summed E-state index contributed by atoms with van der Waals surface area (Å²) in [6.45, 7) is 1.70. The van der Waals surface area contributed by atoms with Gasteiger partial charge in [0.2, 0.25) is 10.0 Å². The normalized spacial score (nSPS) is 11.3. The van der Waals surface area contributed by atoms with Gasteiger partial charge in [-0.25, -0.2) is 13.6 Å². The molecule has 0 radical (unpaired) electrons. The molecular formula is C11H12N4O3S2. The number of carbonyl (C=O) groups excluding carboxylic acids is 1. The lowest BCUT2D eigenvalue weighted by Crippen LogP contribution is -2.14. The summed E-state index contributed by atoms with van der Waals surface area (Å²) in [7, 11) is -3.56. The van der Waals surface area contributed by atoms with Crippen LogP contribution in [0.4, 0.5) is 5.69 Å². The smallest absolute Gasteiger partial charge is 0.269 e. The number of nitrogens with two attached hydrogens (primary N) is 1. The summed E-state index contributed by atoms with van der Waals surface area (Å²) in [5, 5.41) is 11.4. The van der Waals surface area contributed by atoms with Gasteiger partial charge in [-0.2, -0.15) is 0 Å². The highest BCUT2D eigenvalue weighted by molar-refractivity contribution is 7.88. The topological polar surface area (TPSA) is 115 Å². The number of hydrogen-bond donors (Lipinski definition) is 2. The van der Waals surface area contributed by atoms with Gasteiger partial charge in [0.1, 0.15) is 4.88 Å². The van der Waals surface area contributed by atoms with E-state index in [2.05, 4.69) is 14.9 Å². The number of aryl methyl sites for hydroxylation is 1. The van der Waals surface area contributed by atoms with Crippen LogP contribution in [0.1, 0.15) is 20.9 Å². The third-order valence-corrected chi connectivity index (χ3v) is 4.00. The van der Waals surface area contributed by atoms with Gasteiger partial charge in [-0.1, -0.05) is 16.6 Å².